The molecule has 3 aliphatic rings. The Hall–Kier alpha value is -2.48. The zero-order valence-electron chi connectivity index (χ0n) is 20.8. The van der Waals surface area contributed by atoms with Gasteiger partial charge in [0.15, 0.2) is 0 Å². The van der Waals surface area contributed by atoms with Gasteiger partial charge in [0.25, 0.3) is 0 Å². The molecular weight excluding hydrogens is 539 g/mol. The monoisotopic (exact) mass is 571 g/mol. The van der Waals surface area contributed by atoms with E-state index in [2.05, 4.69) is 43.9 Å². The van der Waals surface area contributed by atoms with Crippen molar-refractivity contribution in [1.82, 2.24) is 0 Å². The summed E-state index contributed by atoms with van der Waals surface area (Å²) >= 11 is -1.83. The van der Waals surface area contributed by atoms with Gasteiger partial charge in [-0.05, 0) is 0 Å². The summed E-state index contributed by atoms with van der Waals surface area (Å²) in [5.74, 6) is 4.51. The summed E-state index contributed by atoms with van der Waals surface area (Å²) in [5.41, 5.74) is 3.56. The molecule has 0 bridgehead atoms. The summed E-state index contributed by atoms with van der Waals surface area (Å²) in [6.45, 7) is 6.91. The third-order valence-electron chi connectivity index (χ3n) is 6.69. The molecule has 7 heteroatoms. The topological polar surface area (TPSA) is 55.4 Å². The summed E-state index contributed by atoms with van der Waals surface area (Å²) in [4.78, 5) is 2.44. The van der Waals surface area contributed by atoms with E-state index in [1.165, 1.54) is 8.03 Å². The van der Waals surface area contributed by atoms with Crippen LogP contribution in [0.4, 0.5) is 0 Å². The van der Waals surface area contributed by atoms with E-state index in [4.69, 9.17) is 28.4 Å². The van der Waals surface area contributed by atoms with Crippen LogP contribution >= 0.6 is 0 Å². The van der Waals surface area contributed by atoms with Crippen molar-refractivity contribution >= 4 is 34.7 Å². The van der Waals surface area contributed by atoms with Gasteiger partial charge in [-0.1, -0.05) is 0 Å². The maximum absolute atomic E-state index is 6.72. The van der Waals surface area contributed by atoms with Crippen LogP contribution in [0.2, 0.25) is 9.38 Å². The number of hydrogen-bond acceptors (Lipinski definition) is 6. The molecular formula is C27H31O6Sn. The summed E-state index contributed by atoms with van der Waals surface area (Å²) in [6, 6.07) is 7.91. The van der Waals surface area contributed by atoms with Gasteiger partial charge in [-0.25, -0.2) is 0 Å². The molecule has 0 unspecified atom stereocenters. The molecule has 2 aromatic carbocycles. The standard InChI is InChI=1S/C24H23O6.C2H5.CH3.Sn/c1-24(2)9-8-13-16(30-24)7-6-14-22(13)29-20-12-28-17-11-19(26-4)18(25-3)10-15(17)21(20)23(14)27-5;1-2;;/h6-7,9-11,20H,12H2,1-5H3;1H2,2H3;1H3;/t20-;;;/m1.../s1. The molecule has 0 aromatic heterocycles. The molecule has 1 radical (unpaired) electrons. The van der Waals surface area contributed by atoms with Gasteiger partial charge in [0, 0.05) is 0 Å². The molecule has 0 N–H and O–H groups in total. The van der Waals surface area contributed by atoms with Gasteiger partial charge in [0.05, 0.1) is 0 Å². The van der Waals surface area contributed by atoms with Crippen LogP contribution in [-0.2, 0) is 4.74 Å². The second-order valence-electron chi connectivity index (χ2n) is 9.28. The second kappa shape index (κ2) is 8.63. The van der Waals surface area contributed by atoms with Crippen LogP contribution in [0, 0.1) is 0 Å². The van der Waals surface area contributed by atoms with Crippen molar-refractivity contribution in [2.24, 2.45) is 0 Å². The van der Waals surface area contributed by atoms with E-state index in [1.807, 2.05) is 12.1 Å². The SMILES string of the molecule is C[CH2][Sn]([CH3])[C]1=CC(C)(C)Oc2ccc3c(c21)O[C@@H]1COc2cc(OC)c(OC)cc2C1=C3OC. The van der Waals surface area contributed by atoms with Crippen LogP contribution in [0.25, 0.3) is 14.9 Å². The minimum absolute atomic E-state index is 0.304. The van der Waals surface area contributed by atoms with Crippen LogP contribution < -0.4 is 23.7 Å². The molecule has 0 amide bonds. The first-order chi connectivity index (χ1) is 16.3. The molecule has 3 aliphatic heterocycles. The van der Waals surface area contributed by atoms with E-state index < -0.39 is 19.8 Å². The average Bonchev–Trinajstić information content (AvgIpc) is 2.84. The van der Waals surface area contributed by atoms with Gasteiger partial charge < -0.3 is 0 Å². The first kappa shape index (κ1) is 23.3. The Balaban J connectivity index is 1.74. The van der Waals surface area contributed by atoms with Gasteiger partial charge in [-0.2, -0.15) is 0 Å². The molecule has 1 atom stereocenters. The van der Waals surface area contributed by atoms with Gasteiger partial charge in [-0.3, -0.25) is 0 Å². The molecule has 2 aromatic rings. The fourth-order valence-electron chi connectivity index (χ4n) is 4.95. The molecule has 179 valence electrons. The third-order valence-corrected chi connectivity index (χ3v) is 13.5. The quantitative estimate of drug-likeness (QED) is 0.436. The van der Waals surface area contributed by atoms with Crippen molar-refractivity contribution in [2.75, 3.05) is 27.9 Å². The summed E-state index contributed by atoms with van der Waals surface area (Å²) < 4.78 is 39.0. The molecule has 5 rings (SSSR count). The van der Waals surface area contributed by atoms with E-state index >= 15 is 0 Å². The predicted octanol–water partition coefficient (Wildman–Crippen LogP) is 5.61. The van der Waals surface area contributed by atoms with Crippen LogP contribution in [0.15, 0.2) is 30.3 Å². The maximum atomic E-state index is 6.72. The molecule has 0 saturated carbocycles. The molecule has 3 heterocycles. The minimum atomic E-state index is -1.83. The molecule has 0 aliphatic carbocycles. The molecule has 0 spiro atoms. The Morgan fingerprint density at radius 2 is 1.74 bits per heavy atom. The van der Waals surface area contributed by atoms with Crippen molar-refractivity contribution in [3.8, 4) is 28.7 Å². The van der Waals surface area contributed by atoms with Crippen molar-refractivity contribution in [2.45, 2.75) is 41.9 Å². The number of benzene rings is 2. The van der Waals surface area contributed by atoms with Crippen molar-refractivity contribution < 1.29 is 28.4 Å². The van der Waals surface area contributed by atoms with E-state index in [-0.39, 0.29) is 11.7 Å². The Morgan fingerprint density at radius 3 is 2.41 bits per heavy atom. The Kier molecular flexibility index (Phi) is 5.90. The summed E-state index contributed by atoms with van der Waals surface area (Å²) in [6.07, 6.45) is 2.01. The molecule has 34 heavy (non-hydrogen) atoms. The molecule has 0 saturated heterocycles. The zero-order chi connectivity index (χ0) is 24.2. The van der Waals surface area contributed by atoms with Crippen LogP contribution in [0.3, 0.4) is 0 Å². The fraction of sp³-hybridized carbons (Fsp3) is 0.407. The van der Waals surface area contributed by atoms with Gasteiger partial charge in [0.2, 0.25) is 0 Å². The molecule has 0 fully saturated rings. The third kappa shape index (κ3) is 3.61. The van der Waals surface area contributed by atoms with Gasteiger partial charge >= 0.3 is 209 Å². The summed E-state index contributed by atoms with van der Waals surface area (Å²) in [5, 5.41) is 0. The Bertz CT molecular complexity index is 1210. The fourth-order valence-corrected chi connectivity index (χ4v) is 9.62. The van der Waals surface area contributed by atoms with Gasteiger partial charge in [-0.15, -0.1) is 0 Å². The second-order valence-corrected chi connectivity index (χ2v) is 17.3. The Morgan fingerprint density at radius 1 is 1.00 bits per heavy atom. The molecule has 6 nitrogen and oxygen atoms in total. The van der Waals surface area contributed by atoms with Crippen LogP contribution in [0.5, 0.6) is 28.7 Å². The van der Waals surface area contributed by atoms with E-state index in [0.29, 0.717) is 18.1 Å². The zero-order valence-corrected chi connectivity index (χ0v) is 23.7. The van der Waals surface area contributed by atoms with Crippen molar-refractivity contribution in [3.05, 3.63) is 47.0 Å². The van der Waals surface area contributed by atoms with Crippen LogP contribution in [-0.4, -0.2) is 59.4 Å². The number of rotatable bonds is 5. The first-order valence-electron chi connectivity index (χ1n) is 11.6. The number of ether oxygens (including phenoxy) is 6. The van der Waals surface area contributed by atoms with Gasteiger partial charge in [0.1, 0.15) is 0 Å². The summed E-state index contributed by atoms with van der Waals surface area (Å²) in [7, 11) is 4.97. The van der Waals surface area contributed by atoms with Crippen molar-refractivity contribution in [1.29, 1.82) is 0 Å². The number of hydrogen-bond donors (Lipinski definition) is 0. The van der Waals surface area contributed by atoms with E-state index in [0.717, 1.165) is 45.3 Å². The normalized spacial score (nSPS) is 19.4. The Labute approximate surface area is 208 Å². The average molecular weight is 570 g/mol. The van der Waals surface area contributed by atoms with E-state index in [1.54, 1.807) is 21.3 Å². The van der Waals surface area contributed by atoms with Crippen LogP contribution in [0.1, 0.15) is 37.5 Å². The first-order valence-corrected chi connectivity index (χ1v) is 17.9. The predicted molar refractivity (Wildman–Crippen MR) is 135 cm³/mol. The van der Waals surface area contributed by atoms with E-state index in [9.17, 15) is 0 Å². The number of fused-ring (bicyclic) bond motifs is 6. The van der Waals surface area contributed by atoms with Crippen molar-refractivity contribution in [3.63, 3.8) is 0 Å². The number of methoxy groups -OCH3 is 3.